The van der Waals surface area contributed by atoms with E-state index in [1.807, 2.05) is 6.08 Å². The van der Waals surface area contributed by atoms with Gasteiger partial charge in [-0.2, -0.15) is 0 Å². The van der Waals surface area contributed by atoms with Crippen molar-refractivity contribution in [3.8, 4) is 0 Å². The Labute approximate surface area is 88.1 Å². The van der Waals surface area contributed by atoms with E-state index in [2.05, 4.69) is 0 Å². The predicted octanol–water partition coefficient (Wildman–Crippen LogP) is 3.31. The Morgan fingerprint density at radius 2 is 2.08 bits per heavy atom. The van der Waals surface area contributed by atoms with Crippen molar-refractivity contribution < 1.29 is 4.79 Å². The van der Waals surface area contributed by atoms with Crippen LogP contribution in [-0.2, 0) is 4.79 Å². The molecule has 0 aromatic carbocycles. The molecule has 3 heteroatoms. The van der Waals surface area contributed by atoms with Gasteiger partial charge < -0.3 is 0 Å². The van der Waals surface area contributed by atoms with Crippen LogP contribution in [0.15, 0.2) is 10.6 Å². The Hall–Kier alpha value is -0.0100. The van der Waals surface area contributed by atoms with Crippen LogP contribution in [0.3, 0.4) is 0 Å². The van der Waals surface area contributed by atoms with E-state index in [1.54, 1.807) is 6.92 Å². The van der Waals surface area contributed by atoms with Crippen molar-refractivity contribution in [3.63, 3.8) is 0 Å². The van der Waals surface area contributed by atoms with Gasteiger partial charge in [0.05, 0.1) is 0 Å². The summed E-state index contributed by atoms with van der Waals surface area (Å²) in [7, 11) is 0. The average Bonchev–Trinajstić information content (AvgIpc) is 2.54. The van der Waals surface area contributed by atoms with Crippen LogP contribution in [0.2, 0.25) is 0 Å². The smallest absolute Gasteiger partial charge is 0.134 e. The number of allylic oxidation sites excluding steroid dienone is 1. The van der Waals surface area contributed by atoms with Gasteiger partial charge in [0.25, 0.3) is 0 Å². The van der Waals surface area contributed by atoms with Crippen LogP contribution in [0, 0.1) is 17.3 Å². The molecule has 2 atom stereocenters. The summed E-state index contributed by atoms with van der Waals surface area (Å²) in [4.78, 5) is 11.3. The minimum atomic E-state index is 0.203. The lowest BCUT2D eigenvalue weighted by atomic mass is 9.78. The molecule has 0 N–H and O–H groups in total. The number of hydrogen-bond donors (Lipinski definition) is 0. The van der Waals surface area contributed by atoms with Crippen LogP contribution in [0.4, 0.5) is 0 Å². The van der Waals surface area contributed by atoms with Gasteiger partial charge in [-0.05, 0) is 37.2 Å². The Bertz CT molecular complexity index is 275. The normalized spacial score (nSPS) is 33.8. The first-order valence-corrected chi connectivity index (χ1v) is 5.37. The summed E-state index contributed by atoms with van der Waals surface area (Å²) in [6, 6.07) is 0. The van der Waals surface area contributed by atoms with Gasteiger partial charge in [-0.1, -0.05) is 29.6 Å². The number of hydrogen-bond acceptors (Lipinski definition) is 1. The summed E-state index contributed by atoms with van der Waals surface area (Å²) in [5.74, 6) is 0.813. The molecule has 2 fully saturated rings. The summed E-state index contributed by atoms with van der Waals surface area (Å²) in [6.45, 7) is 1.67. The predicted molar refractivity (Wildman–Crippen MR) is 53.7 cm³/mol. The van der Waals surface area contributed by atoms with Crippen LogP contribution in [0.25, 0.3) is 0 Å². The van der Waals surface area contributed by atoms with E-state index in [-0.39, 0.29) is 17.1 Å². The summed E-state index contributed by atoms with van der Waals surface area (Å²) < 4.78 is 0.306. The number of Topliss-reactive ketones (excluding diaryl/α,β-unsaturated/α-hetero) is 1. The van der Waals surface area contributed by atoms with E-state index >= 15 is 0 Å². The molecule has 0 amide bonds. The maximum absolute atomic E-state index is 11.3. The van der Waals surface area contributed by atoms with Gasteiger partial charge in [-0.3, -0.25) is 4.79 Å². The van der Waals surface area contributed by atoms with Crippen molar-refractivity contribution >= 4 is 29.0 Å². The highest BCUT2D eigenvalue weighted by atomic mass is 35.5. The minimum absolute atomic E-state index is 0.203. The molecule has 2 rings (SSSR count). The zero-order valence-electron chi connectivity index (χ0n) is 7.52. The number of halogens is 2. The maximum Gasteiger partial charge on any atom is 0.134 e. The van der Waals surface area contributed by atoms with Crippen molar-refractivity contribution in [3.05, 3.63) is 10.6 Å². The van der Waals surface area contributed by atoms with Crippen molar-refractivity contribution in [1.29, 1.82) is 0 Å². The van der Waals surface area contributed by atoms with Crippen molar-refractivity contribution in [1.82, 2.24) is 0 Å². The van der Waals surface area contributed by atoms with Crippen LogP contribution in [0.1, 0.15) is 26.2 Å². The lowest BCUT2D eigenvalue weighted by Gasteiger charge is -2.27. The molecule has 1 nitrogen and oxygen atoms in total. The minimum Gasteiger partial charge on any atom is -0.300 e. The van der Waals surface area contributed by atoms with Crippen molar-refractivity contribution in [2.24, 2.45) is 17.3 Å². The largest absolute Gasteiger partial charge is 0.300 e. The third-order valence-electron chi connectivity index (χ3n) is 3.56. The highest BCUT2D eigenvalue weighted by molar-refractivity contribution is 6.55. The molecule has 0 aromatic heterocycles. The van der Waals surface area contributed by atoms with Gasteiger partial charge in [0.15, 0.2) is 0 Å². The average molecular weight is 219 g/mol. The highest BCUT2D eigenvalue weighted by Crippen LogP contribution is 2.71. The van der Waals surface area contributed by atoms with E-state index < -0.39 is 0 Å². The Morgan fingerprint density at radius 1 is 1.46 bits per heavy atom. The molecule has 2 aliphatic carbocycles. The Balaban J connectivity index is 2.13. The third-order valence-corrected chi connectivity index (χ3v) is 3.81. The number of carbonyl (C=O) groups excluding carboxylic acids is 1. The van der Waals surface area contributed by atoms with E-state index in [1.165, 1.54) is 19.3 Å². The molecular formula is C10H12Cl2O. The molecule has 0 aromatic rings. The molecule has 0 heterocycles. The van der Waals surface area contributed by atoms with Crippen LogP contribution < -0.4 is 0 Å². The first kappa shape index (κ1) is 9.54. The second-order valence-electron chi connectivity index (χ2n) is 4.16. The van der Waals surface area contributed by atoms with Crippen LogP contribution in [-0.4, -0.2) is 5.78 Å². The SMILES string of the molecule is CC(=O)C1C(C=C(Cl)Cl)C12CCC2. The quantitative estimate of drug-likeness (QED) is 0.696. The van der Waals surface area contributed by atoms with Crippen LogP contribution in [0.5, 0.6) is 0 Å². The standard InChI is InChI=1S/C10H12Cl2O/c1-6(13)9-7(5-8(11)12)10(9)3-2-4-10/h5,7,9H,2-4H2,1H3. The molecular weight excluding hydrogens is 207 g/mol. The monoisotopic (exact) mass is 218 g/mol. The van der Waals surface area contributed by atoms with Gasteiger partial charge in [0, 0.05) is 5.92 Å². The van der Waals surface area contributed by atoms with Gasteiger partial charge in [-0.15, -0.1) is 0 Å². The molecule has 2 saturated carbocycles. The second kappa shape index (κ2) is 2.99. The van der Waals surface area contributed by atoms with Crippen molar-refractivity contribution in [2.75, 3.05) is 0 Å². The first-order valence-electron chi connectivity index (χ1n) is 4.61. The molecule has 0 bridgehead atoms. The zero-order valence-corrected chi connectivity index (χ0v) is 9.03. The fourth-order valence-electron chi connectivity index (χ4n) is 2.81. The lowest BCUT2D eigenvalue weighted by molar-refractivity contribution is -0.119. The topological polar surface area (TPSA) is 17.1 Å². The van der Waals surface area contributed by atoms with Crippen LogP contribution >= 0.6 is 23.2 Å². The zero-order chi connectivity index (χ0) is 9.64. The third kappa shape index (κ3) is 1.33. The van der Waals surface area contributed by atoms with E-state index in [4.69, 9.17) is 23.2 Å². The fourth-order valence-corrected chi connectivity index (χ4v) is 3.08. The first-order chi connectivity index (χ1) is 6.08. The van der Waals surface area contributed by atoms with Gasteiger partial charge in [-0.25, -0.2) is 0 Å². The van der Waals surface area contributed by atoms with Gasteiger partial charge in [0.2, 0.25) is 0 Å². The summed E-state index contributed by atoms with van der Waals surface area (Å²) in [6.07, 6.45) is 5.42. The van der Waals surface area contributed by atoms with Crippen molar-refractivity contribution in [2.45, 2.75) is 26.2 Å². The molecule has 0 saturated heterocycles. The number of ketones is 1. The molecule has 2 aliphatic rings. The van der Waals surface area contributed by atoms with Gasteiger partial charge in [0.1, 0.15) is 10.3 Å². The Morgan fingerprint density at radius 3 is 2.31 bits per heavy atom. The Kier molecular flexibility index (Phi) is 2.20. The van der Waals surface area contributed by atoms with E-state index in [0.717, 1.165) is 0 Å². The summed E-state index contributed by atoms with van der Waals surface area (Å²) in [5, 5.41) is 0. The molecule has 2 unspecified atom stereocenters. The highest BCUT2D eigenvalue weighted by Gasteiger charge is 2.67. The molecule has 72 valence electrons. The number of rotatable bonds is 2. The number of carbonyl (C=O) groups is 1. The molecule has 13 heavy (non-hydrogen) atoms. The maximum atomic E-state index is 11.3. The summed E-state index contributed by atoms with van der Waals surface area (Å²) in [5.41, 5.74) is 0.265. The van der Waals surface area contributed by atoms with E-state index in [9.17, 15) is 4.79 Å². The lowest BCUT2D eigenvalue weighted by Crippen LogP contribution is -2.18. The summed E-state index contributed by atoms with van der Waals surface area (Å²) >= 11 is 11.2. The fraction of sp³-hybridized carbons (Fsp3) is 0.700. The van der Waals surface area contributed by atoms with E-state index in [0.29, 0.717) is 10.4 Å². The molecule has 0 aliphatic heterocycles. The molecule has 0 radical (unpaired) electrons. The van der Waals surface area contributed by atoms with Gasteiger partial charge >= 0.3 is 0 Å². The second-order valence-corrected chi connectivity index (χ2v) is 5.16. The molecule has 1 spiro atoms.